The Hall–Kier alpha value is -0.700. The van der Waals surface area contributed by atoms with E-state index in [1.165, 1.54) is 0 Å². The van der Waals surface area contributed by atoms with Crippen molar-refractivity contribution in [3.63, 3.8) is 0 Å². The van der Waals surface area contributed by atoms with E-state index in [2.05, 4.69) is 74.0 Å². The summed E-state index contributed by atoms with van der Waals surface area (Å²) in [5, 5.41) is 24.7. The third kappa shape index (κ3) is 4.68. The highest BCUT2D eigenvalue weighted by atomic mass is 79.9. The first-order valence-electron chi connectivity index (χ1n) is 6.69. The smallest absolute Gasteiger partial charge is 0.116 e. The predicted molar refractivity (Wildman–Crippen MR) is 112 cm³/mol. The lowest BCUT2D eigenvalue weighted by Gasteiger charge is -2.09. The van der Waals surface area contributed by atoms with Gasteiger partial charge >= 0.3 is 0 Å². The van der Waals surface area contributed by atoms with Gasteiger partial charge in [-0.2, -0.15) is 0 Å². The Morgan fingerprint density at radius 2 is 0.917 bits per heavy atom. The molecule has 0 amide bonds. The van der Waals surface area contributed by atoms with E-state index in [0.29, 0.717) is 11.4 Å². The minimum atomic E-state index is -0.224. The molecule has 0 spiro atoms. The molecule has 0 bridgehead atoms. The molecule has 0 fully saturated rings. The molecular formula is C16H12Br4N2O2. The molecule has 4 nitrogen and oxygen atoms in total. The summed E-state index contributed by atoms with van der Waals surface area (Å²) in [5.74, 6) is 0. The third-order valence-electron chi connectivity index (χ3n) is 3.32. The van der Waals surface area contributed by atoms with Gasteiger partial charge in [-0.1, -0.05) is 123 Å². The molecule has 0 heterocycles. The van der Waals surface area contributed by atoms with Gasteiger partial charge in [-0.25, -0.2) is 0 Å². The van der Waals surface area contributed by atoms with Crippen LogP contribution in [0, 0.1) is 0 Å². The van der Waals surface area contributed by atoms with E-state index < -0.39 is 0 Å². The number of nitrogens with zero attached hydrogens (tertiary/aromatic N) is 2. The van der Waals surface area contributed by atoms with Crippen LogP contribution in [0.1, 0.15) is 11.1 Å². The van der Waals surface area contributed by atoms with Gasteiger partial charge in [0.05, 0.1) is 0 Å². The highest BCUT2D eigenvalue weighted by molar-refractivity contribution is 9.25. The van der Waals surface area contributed by atoms with E-state index in [-0.39, 0.29) is 7.47 Å². The Kier molecular flexibility index (Phi) is 7.46. The minimum Gasteiger partial charge on any atom is -0.411 e. The molecule has 2 rings (SSSR count). The van der Waals surface area contributed by atoms with Crippen LogP contribution in [0.25, 0.3) is 11.1 Å². The van der Waals surface area contributed by atoms with Crippen molar-refractivity contribution < 1.29 is 10.4 Å². The molecule has 0 aliphatic heterocycles. The summed E-state index contributed by atoms with van der Waals surface area (Å²) < 4.78 is -0.449. The van der Waals surface area contributed by atoms with Crippen molar-refractivity contribution in [1.29, 1.82) is 0 Å². The number of alkyl halides is 4. The molecule has 126 valence electrons. The molecule has 0 saturated heterocycles. The van der Waals surface area contributed by atoms with E-state index in [0.717, 1.165) is 22.3 Å². The molecule has 0 aromatic heterocycles. The summed E-state index contributed by atoms with van der Waals surface area (Å²) in [5.41, 5.74) is 4.68. The first kappa shape index (κ1) is 19.6. The lowest BCUT2D eigenvalue weighted by Crippen LogP contribution is -2.09. The van der Waals surface area contributed by atoms with E-state index in [1.807, 2.05) is 48.5 Å². The van der Waals surface area contributed by atoms with Crippen molar-refractivity contribution in [1.82, 2.24) is 0 Å². The van der Waals surface area contributed by atoms with Gasteiger partial charge in [-0.15, -0.1) is 0 Å². The second-order valence-electron chi connectivity index (χ2n) is 4.73. The molecule has 2 aromatic carbocycles. The number of hydrogen-bond donors (Lipinski definition) is 2. The second kappa shape index (κ2) is 9.12. The first-order valence-corrected chi connectivity index (χ1v) is 10.4. The van der Waals surface area contributed by atoms with Crippen LogP contribution in [0.5, 0.6) is 0 Å². The van der Waals surface area contributed by atoms with Crippen molar-refractivity contribution in [2.24, 2.45) is 10.3 Å². The maximum atomic E-state index is 9.08. The van der Waals surface area contributed by atoms with Gasteiger partial charge in [0.1, 0.15) is 18.9 Å². The number of oxime groups is 2. The molecule has 2 N–H and O–H groups in total. The summed E-state index contributed by atoms with van der Waals surface area (Å²) in [6.45, 7) is 0. The molecule has 0 atom stereocenters. The molecule has 2 aromatic rings. The Morgan fingerprint density at radius 1 is 0.625 bits per heavy atom. The van der Waals surface area contributed by atoms with Crippen molar-refractivity contribution in [3.05, 3.63) is 59.7 Å². The Balaban J connectivity index is 2.27. The number of halogens is 4. The van der Waals surface area contributed by atoms with Gasteiger partial charge < -0.3 is 10.4 Å². The maximum absolute atomic E-state index is 9.08. The maximum Gasteiger partial charge on any atom is 0.116 e. The van der Waals surface area contributed by atoms with Crippen LogP contribution in [0.4, 0.5) is 0 Å². The van der Waals surface area contributed by atoms with Gasteiger partial charge in [-0.05, 0) is 11.1 Å². The highest BCUT2D eigenvalue weighted by Gasteiger charge is 2.13. The molecule has 24 heavy (non-hydrogen) atoms. The van der Waals surface area contributed by atoms with Crippen molar-refractivity contribution in [2.45, 2.75) is 7.47 Å². The summed E-state index contributed by atoms with van der Waals surface area (Å²) in [6.07, 6.45) is 0. The third-order valence-corrected chi connectivity index (χ3v) is 5.06. The fourth-order valence-electron chi connectivity index (χ4n) is 2.12. The number of hydrogen-bond acceptors (Lipinski definition) is 4. The second-order valence-corrected chi connectivity index (χ2v) is 10.8. The first-order chi connectivity index (χ1) is 11.5. The topological polar surface area (TPSA) is 65.2 Å². The van der Waals surface area contributed by atoms with Crippen molar-refractivity contribution >= 4 is 75.1 Å². The van der Waals surface area contributed by atoms with E-state index >= 15 is 0 Å². The van der Waals surface area contributed by atoms with E-state index in [4.69, 9.17) is 10.4 Å². The van der Waals surface area contributed by atoms with E-state index in [1.54, 1.807) is 0 Å². The molecule has 0 unspecified atom stereocenters. The lowest BCUT2D eigenvalue weighted by molar-refractivity contribution is 0.319. The Labute approximate surface area is 173 Å². The number of benzene rings is 2. The van der Waals surface area contributed by atoms with Crippen LogP contribution in [0.2, 0.25) is 0 Å². The quantitative estimate of drug-likeness (QED) is 0.198. The van der Waals surface area contributed by atoms with Gasteiger partial charge in [0.25, 0.3) is 0 Å². The van der Waals surface area contributed by atoms with Crippen LogP contribution in [0.3, 0.4) is 0 Å². The SMILES string of the molecule is O/N=C(/c1ccc(-c2ccc(/C(=N/O)C(Br)Br)cc2)cc1)C(Br)Br. The molecule has 0 saturated carbocycles. The van der Waals surface area contributed by atoms with Crippen LogP contribution >= 0.6 is 63.7 Å². The average molecular weight is 584 g/mol. The predicted octanol–water partition coefficient (Wildman–Crippen LogP) is 5.94. The Morgan fingerprint density at radius 3 is 1.12 bits per heavy atom. The summed E-state index contributed by atoms with van der Waals surface area (Å²) in [7, 11) is 0. The lowest BCUT2D eigenvalue weighted by atomic mass is 10.0. The van der Waals surface area contributed by atoms with Crippen LogP contribution in [-0.4, -0.2) is 29.3 Å². The van der Waals surface area contributed by atoms with Gasteiger partial charge in [-0.3, -0.25) is 0 Å². The summed E-state index contributed by atoms with van der Waals surface area (Å²) in [6, 6.07) is 15.4. The molecule has 0 radical (unpaired) electrons. The van der Waals surface area contributed by atoms with E-state index in [9.17, 15) is 0 Å². The van der Waals surface area contributed by atoms with Gasteiger partial charge in [0, 0.05) is 11.1 Å². The molecule has 0 aliphatic rings. The van der Waals surface area contributed by atoms with Gasteiger partial charge in [0.2, 0.25) is 0 Å². The molecule has 0 aliphatic carbocycles. The zero-order valence-electron chi connectivity index (χ0n) is 12.1. The van der Waals surface area contributed by atoms with Crippen LogP contribution in [0.15, 0.2) is 58.8 Å². The fourth-order valence-corrected chi connectivity index (χ4v) is 3.55. The highest BCUT2D eigenvalue weighted by Crippen LogP contribution is 2.24. The zero-order valence-corrected chi connectivity index (χ0v) is 18.4. The number of rotatable bonds is 5. The standard InChI is InChI=1S/C16H12Br4N2O2/c17-15(18)13(21-23)11-5-1-9(2-6-11)10-3-7-12(8-4-10)14(22-24)16(19)20/h1-8,15-16,23-24H/b21-13-,22-14-. The molecular weight excluding hydrogens is 572 g/mol. The van der Waals surface area contributed by atoms with Crippen LogP contribution in [-0.2, 0) is 0 Å². The van der Waals surface area contributed by atoms with Crippen molar-refractivity contribution in [2.75, 3.05) is 0 Å². The van der Waals surface area contributed by atoms with Crippen molar-refractivity contribution in [3.8, 4) is 11.1 Å². The van der Waals surface area contributed by atoms with Gasteiger partial charge in [0.15, 0.2) is 0 Å². The average Bonchev–Trinajstić information content (AvgIpc) is 2.57. The Bertz CT molecular complexity index is 676. The molecule has 8 heteroatoms. The summed E-state index contributed by atoms with van der Waals surface area (Å²) in [4.78, 5) is 0. The largest absolute Gasteiger partial charge is 0.411 e. The monoisotopic (exact) mass is 580 g/mol. The minimum absolute atomic E-state index is 0.224. The van der Waals surface area contributed by atoms with Crippen LogP contribution < -0.4 is 0 Å². The fraction of sp³-hybridized carbons (Fsp3) is 0.125. The zero-order chi connectivity index (χ0) is 17.7. The summed E-state index contributed by atoms with van der Waals surface area (Å²) >= 11 is 13.3. The normalized spacial score (nSPS) is 12.9.